The first kappa shape index (κ1) is 24.0. The summed E-state index contributed by atoms with van der Waals surface area (Å²) in [6.07, 6.45) is 2.54. The molecule has 0 spiro atoms. The second kappa shape index (κ2) is 9.39. The van der Waals surface area contributed by atoms with Crippen molar-refractivity contribution in [2.45, 2.75) is 33.4 Å². The van der Waals surface area contributed by atoms with Crippen LogP contribution in [0.1, 0.15) is 16.8 Å². The molecule has 0 unspecified atom stereocenters. The molecule has 2 aromatic carbocycles. The van der Waals surface area contributed by atoms with Crippen LogP contribution in [0.4, 0.5) is 20.4 Å². The number of carbonyl (C=O) groups excluding carboxylic acids is 1. The number of hydrogen-bond acceptors (Lipinski definition) is 6. The van der Waals surface area contributed by atoms with Gasteiger partial charge in [-0.05, 0) is 54.3 Å². The number of anilines is 2. The number of methoxy groups -OCH3 is 1. The number of hydrogen-bond donors (Lipinski definition) is 0. The van der Waals surface area contributed by atoms with Gasteiger partial charge in [-0.2, -0.15) is 8.78 Å². The zero-order chi connectivity index (χ0) is 25.6. The predicted molar refractivity (Wildman–Crippen MR) is 133 cm³/mol. The normalized spacial score (nSPS) is 12.9. The lowest BCUT2D eigenvalue weighted by Gasteiger charge is -2.33. The molecule has 10 heteroatoms. The molecule has 0 saturated carbocycles. The van der Waals surface area contributed by atoms with Crippen molar-refractivity contribution in [2.24, 2.45) is 0 Å². The molecule has 0 radical (unpaired) electrons. The Morgan fingerprint density at radius 2 is 1.83 bits per heavy atom. The molecule has 0 bridgehead atoms. The average Bonchev–Trinajstić information content (AvgIpc) is 3.19. The summed E-state index contributed by atoms with van der Waals surface area (Å²) in [6, 6.07) is 9.66. The smallest absolute Gasteiger partial charge is 0.387 e. The van der Waals surface area contributed by atoms with Crippen molar-refractivity contribution >= 4 is 40.1 Å². The minimum atomic E-state index is -2.95. The lowest BCUT2D eigenvalue weighted by atomic mass is 9.88. The van der Waals surface area contributed by atoms with Gasteiger partial charge in [0.2, 0.25) is 5.95 Å². The van der Waals surface area contributed by atoms with Crippen molar-refractivity contribution in [3.05, 3.63) is 64.6 Å². The lowest BCUT2D eigenvalue weighted by molar-refractivity contribution is -0.139. The van der Waals surface area contributed by atoms with Gasteiger partial charge >= 0.3 is 12.6 Å². The van der Waals surface area contributed by atoms with E-state index in [1.807, 2.05) is 43.0 Å². The van der Waals surface area contributed by atoms with Gasteiger partial charge < -0.3 is 18.9 Å². The Morgan fingerprint density at radius 1 is 1.14 bits per heavy atom. The minimum Gasteiger partial charge on any atom is -0.469 e. The molecule has 0 aliphatic carbocycles. The van der Waals surface area contributed by atoms with Crippen LogP contribution in [0.15, 0.2) is 42.7 Å². The standard InChI is InChI=1S/C26H23ClF2N4O3/c1-14-10-20-22(16-4-6-17(27)7-5-16)19(11-21(34)35-3)15(2)23-24(20)32(14)8-9-33(23)26-30-12-18(13-31-26)36-25(28)29/h4-7,10,12-13,25H,8-9,11H2,1-3H3. The Labute approximate surface area is 211 Å². The van der Waals surface area contributed by atoms with Crippen LogP contribution < -0.4 is 9.64 Å². The maximum atomic E-state index is 12.6. The molecule has 0 fully saturated rings. The summed E-state index contributed by atoms with van der Waals surface area (Å²) in [5, 5.41) is 1.60. The van der Waals surface area contributed by atoms with Crippen LogP contribution in [0.25, 0.3) is 22.0 Å². The summed E-state index contributed by atoms with van der Waals surface area (Å²) in [6.45, 7) is 2.30. The molecule has 4 aromatic rings. The maximum Gasteiger partial charge on any atom is 0.387 e. The molecule has 1 aliphatic rings. The summed E-state index contributed by atoms with van der Waals surface area (Å²) in [4.78, 5) is 23.1. The Balaban J connectivity index is 1.76. The lowest BCUT2D eigenvalue weighted by Crippen LogP contribution is -2.30. The molecule has 0 amide bonds. The fourth-order valence-corrected chi connectivity index (χ4v) is 5.05. The number of aryl methyl sites for hydroxylation is 1. The molecule has 2 aromatic heterocycles. The fourth-order valence-electron chi connectivity index (χ4n) is 4.92. The number of benzene rings is 2. The van der Waals surface area contributed by atoms with Crippen LogP contribution in [0, 0.1) is 13.8 Å². The maximum absolute atomic E-state index is 12.6. The van der Waals surface area contributed by atoms with Gasteiger partial charge in [-0.3, -0.25) is 4.79 Å². The van der Waals surface area contributed by atoms with E-state index in [9.17, 15) is 13.6 Å². The first-order valence-corrected chi connectivity index (χ1v) is 11.7. The van der Waals surface area contributed by atoms with E-state index in [2.05, 4.69) is 25.3 Å². The van der Waals surface area contributed by atoms with Crippen molar-refractivity contribution in [3.8, 4) is 16.9 Å². The van der Waals surface area contributed by atoms with Crippen LogP contribution in [0.3, 0.4) is 0 Å². The van der Waals surface area contributed by atoms with Crippen LogP contribution in [0.5, 0.6) is 5.75 Å². The van der Waals surface area contributed by atoms with Crippen molar-refractivity contribution in [1.82, 2.24) is 14.5 Å². The predicted octanol–water partition coefficient (Wildman–Crippen LogP) is 5.84. The highest BCUT2D eigenvalue weighted by Gasteiger charge is 2.30. The molecule has 5 rings (SSSR count). The Morgan fingerprint density at radius 3 is 2.47 bits per heavy atom. The van der Waals surface area contributed by atoms with Gasteiger partial charge in [-0.25, -0.2) is 9.97 Å². The SMILES string of the molecule is COC(=O)Cc1c(C)c2c3c(cc(C)n3CCN2c2ncc(OC(F)F)cn2)c1-c1ccc(Cl)cc1. The molecule has 0 saturated heterocycles. The Hall–Kier alpha value is -3.72. The third-order valence-electron chi connectivity index (χ3n) is 6.49. The topological polar surface area (TPSA) is 69.5 Å². The number of carbonyl (C=O) groups is 1. The van der Waals surface area contributed by atoms with E-state index in [-0.39, 0.29) is 18.1 Å². The second-order valence-electron chi connectivity index (χ2n) is 8.54. The highest BCUT2D eigenvalue weighted by Crippen LogP contribution is 2.46. The molecule has 7 nitrogen and oxygen atoms in total. The second-order valence-corrected chi connectivity index (χ2v) is 8.97. The van der Waals surface area contributed by atoms with E-state index in [0.717, 1.165) is 44.5 Å². The van der Waals surface area contributed by atoms with Gasteiger partial charge in [0.05, 0.1) is 37.1 Å². The van der Waals surface area contributed by atoms with E-state index in [0.29, 0.717) is 24.1 Å². The molecule has 186 valence electrons. The van der Waals surface area contributed by atoms with Crippen molar-refractivity contribution < 1.29 is 23.0 Å². The summed E-state index contributed by atoms with van der Waals surface area (Å²) >= 11 is 6.16. The molecule has 3 heterocycles. The van der Waals surface area contributed by atoms with Gasteiger partial charge in [0.1, 0.15) is 0 Å². The number of aromatic nitrogens is 3. The van der Waals surface area contributed by atoms with E-state index in [1.54, 1.807) is 0 Å². The van der Waals surface area contributed by atoms with Gasteiger partial charge in [-0.15, -0.1) is 0 Å². The Kier molecular flexibility index (Phi) is 6.26. The monoisotopic (exact) mass is 512 g/mol. The van der Waals surface area contributed by atoms with Crippen LogP contribution >= 0.6 is 11.6 Å². The number of nitrogens with zero attached hydrogens (tertiary/aromatic N) is 4. The van der Waals surface area contributed by atoms with E-state index < -0.39 is 6.61 Å². The molecular weight excluding hydrogens is 490 g/mol. The molecule has 0 atom stereocenters. The largest absolute Gasteiger partial charge is 0.469 e. The number of esters is 1. The summed E-state index contributed by atoms with van der Waals surface area (Å²) in [7, 11) is 1.37. The van der Waals surface area contributed by atoms with Gasteiger partial charge in [0, 0.05) is 29.2 Å². The quantitative estimate of drug-likeness (QED) is 0.302. The first-order chi connectivity index (χ1) is 17.3. The zero-order valence-electron chi connectivity index (χ0n) is 19.9. The van der Waals surface area contributed by atoms with Crippen LogP contribution in [-0.4, -0.2) is 40.8 Å². The van der Waals surface area contributed by atoms with Crippen LogP contribution in [0.2, 0.25) is 5.02 Å². The summed E-state index contributed by atoms with van der Waals surface area (Å²) in [5.74, 6) is -0.117. The average molecular weight is 513 g/mol. The van der Waals surface area contributed by atoms with E-state index in [4.69, 9.17) is 16.3 Å². The number of halogens is 3. The minimum absolute atomic E-state index is 0.0727. The van der Waals surface area contributed by atoms with Gasteiger partial charge in [-0.1, -0.05) is 23.7 Å². The molecule has 1 aliphatic heterocycles. The highest BCUT2D eigenvalue weighted by atomic mass is 35.5. The molecule has 0 N–H and O–H groups in total. The first-order valence-electron chi connectivity index (χ1n) is 11.3. The summed E-state index contributed by atoms with van der Waals surface area (Å²) in [5.41, 5.74) is 6.53. The van der Waals surface area contributed by atoms with Crippen molar-refractivity contribution in [1.29, 1.82) is 0 Å². The van der Waals surface area contributed by atoms with Crippen LogP contribution in [-0.2, 0) is 22.5 Å². The Bertz CT molecular complexity index is 1450. The van der Waals surface area contributed by atoms with Crippen molar-refractivity contribution in [3.63, 3.8) is 0 Å². The zero-order valence-corrected chi connectivity index (χ0v) is 20.6. The number of alkyl halides is 2. The van der Waals surface area contributed by atoms with Gasteiger partial charge in [0.25, 0.3) is 0 Å². The highest BCUT2D eigenvalue weighted by molar-refractivity contribution is 6.30. The third kappa shape index (κ3) is 4.13. The number of ether oxygens (including phenoxy) is 2. The van der Waals surface area contributed by atoms with E-state index >= 15 is 0 Å². The molecular formula is C26H23ClF2N4O3. The molecule has 36 heavy (non-hydrogen) atoms. The van der Waals surface area contributed by atoms with E-state index in [1.165, 1.54) is 19.5 Å². The fraction of sp³-hybridized carbons (Fsp3) is 0.269. The summed E-state index contributed by atoms with van der Waals surface area (Å²) < 4.78 is 36.8. The third-order valence-corrected chi connectivity index (χ3v) is 6.74. The van der Waals surface area contributed by atoms with Crippen molar-refractivity contribution in [2.75, 3.05) is 18.6 Å². The number of rotatable bonds is 6. The van der Waals surface area contributed by atoms with Gasteiger partial charge in [0.15, 0.2) is 5.75 Å².